The Labute approximate surface area is 169 Å². The number of rotatable bonds is 6. The van der Waals surface area contributed by atoms with Gasteiger partial charge in [0.25, 0.3) is 5.91 Å². The van der Waals surface area contributed by atoms with Crippen LogP contribution in [0.1, 0.15) is 47.6 Å². The minimum atomic E-state index is -0.113. The zero-order valence-corrected chi connectivity index (χ0v) is 16.5. The van der Waals surface area contributed by atoms with E-state index >= 15 is 0 Å². The largest absolute Gasteiger partial charge is 0.352 e. The number of benzene rings is 2. The lowest BCUT2D eigenvalue weighted by atomic mass is 10.0. The zero-order valence-electron chi connectivity index (χ0n) is 15.0. The Kier molecular flexibility index (Phi) is 6.75. The van der Waals surface area contributed by atoms with Crippen LogP contribution in [0.3, 0.4) is 0 Å². The SMILES string of the molecule is O=C(NCCCC(=O)N1CCCC1c1ccc(Cl)c(Cl)c1)c1ccccc1. The van der Waals surface area contributed by atoms with E-state index in [1.165, 1.54) is 0 Å². The van der Waals surface area contributed by atoms with Crippen molar-refractivity contribution in [1.82, 2.24) is 10.2 Å². The van der Waals surface area contributed by atoms with Crippen molar-refractivity contribution in [3.63, 3.8) is 0 Å². The van der Waals surface area contributed by atoms with Gasteiger partial charge in [-0.05, 0) is 49.1 Å². The lowest BCUT2D eigenvalue weighted by Crippen LogP contribution is -2.31. The third-order valence-electron chi connectivity index (χ3n) is 4.79. The van der Waals surface area contributed by atoms with E-state index in [-0.39, 0.29) is 17.9 Å². The van der Waals surface area contributed by atoms with E-state index in [2.05, 4.69) is 5.32 Å². The highest BCUT2D eigenvalue weighted by atomic mass is 35.5. The first-order valence-corrected chi connectivity index (χ1v) is 9.89. The number of halogens is 2. The van der Waals surface area contributed by atoms with Gasteiger partial charge in [-0.2, -0.15) is 0 Å². The summed E-state index contributed by atoms with van der Waals surface area (Å²) in [6.07, 6.45) is 2.92. The van der Waals surface area contributed by atoms with Crippen molar-refractivity contribution in [3.8, 4) is 0 Å². The minimum absolute atomic E-state index is 0.0474. The predicted octanol–water partition coefficient (Wildman–Crippen LogP) is 4.87. The summed E-state index contributed by atoms with van der Waals surface area (Å²) >= 11 is 12.1. The fourth-order valence-corrected chi connectivity index (χ4v) is 3.71. The van der Waals surface area contributed by atoms with Gasteiger partial charge in [0.2, 0.25) is 5.91 Å². The van der Waals surface area contributed by atoms with Gasteiger partial charge in [-0.15, -0.1) is 0 Å². The molecule has 1 heterocycles. The van der Waals surface area contributed by atoms with Gasteiger partial charge in [-0.1, -0.05) is 47.5 Å². The number of nitrogens with one attached hydrogen (secondary N) is 1. The summed E-state index contributed by atoms with van der Waals surface area (Å²) in [5.41, 5.74) is 1.65. The Morgan fingerprint density at radius 3 is 2.59 bits per heavy atom. The fraction of sp³-hybridized carbons (Fsp3) is 0.333. The molecule has 3 rings (SSSR count). The van der Waals surface area contributed by atoms with Crippen LogP contribution in [-0.4, -0.2) is 29.8 Å². The molecule has 27 heavy (non-hydrogen) atoms. The quantitative estimate of drug-likeness (QED) is 0.698. The molecule has 1 saturated heterocycles. The van der Waals surface area contributed by atoms with Gasteiger partial charge in [0.15, 0.2) is 0 Å². The van der Waals surface area contributed by atoms with Crippen LogP contribution in [0.4, 0.5) is 0 Å². The molecule has 0 aliphatic carbocycles. The van der Waals surface area contributed by atoms with Gasteiger partial charge in [0.1, 0.15) is 0 Å². The summed E-state index contributed by atoms with van der Waals surface area (Å²) < 4.78 is 0. The Hall–Kier alpha value is -2.04. The molecule has 0 spiro atoms. The predicted molar refractivity (Wildman–Crippen MR) is 108 cm³/mol. The second-order valence-electron chi connectivity index (χ2n) is 6.64. The fourth-order valence-electron chi connectivity index (χ4n) is 3.41. The second kappa shape index (κ2) is 9.25. The van der Waals surface area contributed by atoms with E-state index in [9.17, 15) is 9.59 Å². The molecule has 6 heteroatoms. The van der Waals surface area contributed by atoms with Crippen LogP contribution in [0.5, 0.6) is 0 Å². The van der Waals surface area contributed by atoms with Gasteiger partial charge in [-0.25, -0.2) is 0 Å². The highest BCUT2D eigenvalue weighted by Crippen LogP contribution is 2.35. The van der Waals surface area contributed by atoms with Crippen molar-refractivity contribution >= 4 is 35.0 Å². The van der Waals surface area contributed by atoms with Gasteiger partial charge < -0.3 is 10.2 Å². The van der Waals surface area contributed by atoms with E-state index < -0.39 is 0 Å². The summed E-state index contributed by atoms with van der Waals surface area (Å²) in [6.45, 7) is 1.23. The molecule has 0 bridgehead atoms. The van der Waals surface area contributed by atoms with E-state index in [1.807, 2.05) is 35.2 Å². The summed E-state index contributed by atoms with van der Waals surface area (Å²) in [7, 11) is 0. The number of amides is 2. The number of hydrogen-bond acceptors (Lipinski definition) is 2. The van der Waals surface area contributed by atoms with Crippen LogP contribution in [-0.2, 0) is 4.79 Å². The zero-order chi connectivity index (χ0) is 19.2. The number of likely N-dealkylation sites (tertiary alicyclic amines) is 1. The monoisotopic (exact) mass is 404 g/mol. The molecule has 0 saturated carbocycles. The van der Waals surface area contributed by atoms with Crippen molar-refractivity contribution in [2.24, 2.45) is 0 Å². The molecule has 2 amide bonds. The Morgan fingerprint density at radius 1 is 1.07 bits per heavy atom. The number of carbonyl (C=O) groups is 2. The Bertz CT molecular complexity index is 811. The Morgan fingerprint density at radius 2 is 1.85 bits per heavy atom. The molecule has 1 N–H and O–H groups in total. The van der Waals surface area contributed by atoms with E-state index in [0.717, 1.165) is 24.9 Å². The van der Waals surface area contributed by atoms with Crippen LogP contribution in [0.25, 0.3) is 0 Å². The van der Waals surface area contributed by atoms with E-state index in [1.54, 1.807) is 18.2 Å². The lowest BCUT2D eigenvalue weighted by molar-refractivity contribution is -0.132. The molecule has 4 nitrogen and oxygen atoms in total. The number of hydrogen-bond donors (Lipinski definition) is 1. The van der Waals surface area contributed by atoms with Crippen molar-refractivity contribution in [1.29, 1.82) is 0 Å². The molecule has 0 aromatic heterocycles. The molecule has 1 atom stereocenters. The normalized spacial score (nSPS) is 16.4. The topological polar surface area (TPSA) is 49.4 Å². The summed E-state index contributed by atoms with van der Waals surface area (Å²) in [5, 5.41) is 3.89. The standard InChI is InChI=1S/C21H22Cl2N2O2/c22-17-11-10-16(14-18(17)23)19-8-5-13-25(19)20(26)9-4-12-24-21(27)15-6-2-1-3-7-15/h1-3,6-7,10-11,14,19H,4-5,8-9,12-13H2,(H,24,27). The highest BCUT2D eigenvalue weighted by Gasteiger charge is 2.29. The maximum atomic E-state index is 12.6. The minimum Gasteiger partial charge on any atom is -0.352 e. The van der Waals surface area contributed by atoms with Gasteiger partial charge in [-0.3, -0.25) is 9.59 Å². The molecule has 1 aliphatic rings. The number of carbonyl (C=O) groups excluding carboxylic acids is 2. The Balaban J connectivity index is 1.50. The first-order chi connectivity index (χ1) is 13.1. The van der Waals surface area contributed by atoms with Gasteiger partial charge >= 0.3 is 0 Å². The third kappa shape index (κ3) is 5.02. The van der Waals surface area contributed by atoms with Crippen LogP contribution in [0.15, 0.2) is 48.5 Å². The van der Waals surface area contributed by atoms with Crippen molar-refractivity contribution < 1.29 is 9.59 Å². The van der Waals surface area contributed by atoms with Crippen LogP contribution >= 0.6 is 23.2 Å². The second-order valence-corrected chi connectivity index (χ2v) is 7.46. The molecular weight excluding hydrogens is 383 g/mol. The molecule has 142 valence electrons. The average molecular weight is 405 g/mol. The van der Waals surface area contributed by atoms with Crippen LogP contribution in [0.2, 0.25) is 10.0 Å². The van der Waals surface area contributed by atoms with Gasteiger partial charge in [0.05, 0.1) is 16.1 Å². The third-order valence-corrected chi connectivity index (χ3v) is 5.53. The first-order valence-electron chi connectivity index (χ1n) is 9.14. The molecule has 0 radical (unpaired) electrons. The maximum Gasteiger partial charge on any atom is 0.251 e. The summed E-state index contributed by atoms with van der Waals surface area (Å²) in [4.78, 5) is 26.6. The van der Waals surface area contributed by atoms with Crippen molar-refractivity contribution in [2.45, 2.75) is 31.7 Å². The molecule has 1 aliphatic heterocycles. The number of nitrogens with zero attached hydrogens (tertiary/aromatic N) is 1. The van der Waals surface area contributed by atoms with Crippen molar-refractivity contribution in [3.05, 3.63) is 69.7 Å². The summed E-state index contributed by atoms with van der Waals surface area (Å²) in [6, 6.07) is 14.7. The maximum absolute atomic E-state index is 12.6. The highest BCUT2D eigenvalue weighted by molar-refractivity contribution is 6.42. The first kappa shape index (κ1) is 19.7. The van der Waals surface area contributed by atoms with Crippen LogP contribution in [0, 0.1) is 0 Å². The van der Waals surface area contributed by atoms with Crippen LogP contribution < -0.4 is 5.32 Å². The molecular formula is C21H22Cl2N2O2. The molecule has 2 aromatic rings. The van der Waals surface area contributed by atoms with E-state index in [4.69, 9.17) is 23.2 Å². The smallest absolute Gasteiger partial charge is 0.251 e. The van der Waals surface area contributed by atoms with Crippen molar-refractivity contribution in [2.75, 3.05) is 13.1 Å². The molecule has 1 unspecified atom stereocenters. The molecule has 2 aromatic carbocycles. The molecule has 1 fully saturated rings. The average Bonchev–Trinajstić information content (AvgIpc) is 3.17. The summed E-state index contributed by atoms with van der Waals surface area (Å²) in [5.74, 6) is -0.00423. The van der Waals surface area contributed by atoms with E-state index in [0.29, 0.717) is 35.0 Å². The lowest BCUT2D eigenvalue weighted by Gasteiger charge is -2.25. The van der Waals surface area contributed by atoms with Gasteiger partial charge in [0, 0.05) is 25.1 Å².